The van der Waals surface area contributed by atoms with Gasteiger partial charge in [-0.3, -0.25) is 4.79 Å². The van der Waals surface area contributed by atoms with Crippen LogP contribution < -0.4 is 10.6 Å². The van der Waals surface area contributed by atoms with Gasteiger partial charge in [-0.1, -0.05) is 26.8 Å². The molecule has 1 aliphatic heterocycles. The predicted molar refractivity (Wildman–Crippen MR) is 53.1 cm³/mol. The van der Waals surface area contributed by atoms with E-state index in [1.165, 1.54) is 12.5 Å². The average Bonchev–Trinajstić information content (AvgIpc) is 1.98. The van der Waals surface area contributed by atoms with E-state index < -0.39 is 0 Å². The highest BCUT2D eigenvalue weighted by Crippen LogP contribution is 1.89. The summed E-state index contributed by atoms with van der Waals surface area (Å²) in [5.41, 5.74) is 0. The molecule has 3 heteroatoms. The van der Waals surface area contributed by atoms with E-state index >= 15 is 0 Å². The zero-order valence-corrected chi connectivity index (χ0v) is 7.89. The van der Waals surface area contributed by atoms with Gasteiger partial charge in [0, 0.05) is 14.5 Å². The molecule has 2 N–H and O–H groups in total. The Bertz CT molecular complexity index is 147. The van der Waals surface area contributed by atoms with Crippen LogP contribution in [0.25, 0.3) is 0 Å². The summed E-state index contributed by atoms with van der Waals surface area (Å²) in [7, 11) is 0. The van der Waals surface area contributed by atoms with E-state index in [-0.39, 0.29) is 7.33 Å². The van der Waals surface area contributed by atoms with Crippen molar-refractivity contribution in [3.05, 3.63) is 12.7 Å². The summed E-state index contributed by atoms with van der Waals surface area (Å²) >= 11 is 0. The predicted octanol–water partition coefficient (Wildman–Crippen LogP) is 0.923. The van der Waals surface area contributed by atoms with Gasteiger partial charge in [0.1, 0.15) is 0 Å². The first kappa shape index (κ1) is 11.2. The van der Waals surface area contributed by atoms with Crippen molar-refractivity contribution in [2.45, 2.75) is 26.3 Å². The van der Waals surface area contributed by atoms with Gasteiger partial charge in [-0.15, -0.1) is 0 Å². The Balaban J connectivity index is 0. The molecule has 1 amide bonds. The molecule has 3 nitrogen and oxygen atoms in total. The Morgan fingerprint density at radius 1 is 1.75 bits per heavy atom. The molecule has 0 atom stereocenters. The van der Waals surface area contributed by atoms with E-state index in [9.17, 15) is 4.79 Å². The molecule has 0 aromatic rings. The van der Waals surface area contributed by atoms with Crippen LogP contribution >= 0.6 is 0 Å². The van der Waals surface area contributed by atoms with Crippen LogP contribution in [0.4, 0.5) is 0 Å². The van der Waals surface area contributed by atoms with Gasteiger partial charge >= 0.3 is 0 Å². The minimum absolute atomic E-state index is 0. The van der Waals surface area contributed by atoms with Gasteiger partial charge in [-0.25, -0.2) is 0 Å². The van der Waals surface area contributed by atoms with Crippen LogP contribution in [0.3, 0.4) is 0 Å². The topological polar surface area (TPSA) is 41.1 Å². The molecule has 1 saturated heterocycles. The fourth-order valence-corrected chi connectivity index (χ4v) is 0.651. The Morgan fingerprint density at radius 2 is 2.25 bits per heavy atom. The lowest BCUT2D eigenvalue weighted by Gasteiger charge is -2.27. The molecule has 0 aromatic heterocycles. The van der Waals surface area contributed by atoms with Gasteiger partial charge in [-0.05, 0) is 6.08 Å². The van der Waals surface area contributed by atoms with E-state index in [0.29, 0.717) is 6.04 Å². The summed E-state index contributed by atoms with van der Waals surface area (Å²) in [4.78, 5) is 10.6. The van der Waals surface area contributed by atoms with E-state index in [1.54, 1.807) is 0 Å². The summed E-state index contributed by atoms with van der Waals surface area (Å²) in [6.07, 6.45) is 2.54. The molecular formula is C9H20N2O. The smallest absolute Gasteiger partial charge is 0.243 e. The molecule has 1 aliphatic rings. The lowest BCUT2D eigenvalue weighted by atomic mass is 10.2. The van der Waals surface area contributed by atoms with E-state index in [4.69, 9.17) is 0 Å². The maximum atomic E-state index is 10.6. The fourth-order valence-electron chi connectivity index (χ4n) is 0.651. The first-order chi connectivity index (χ1) is 5.74. The van der Waals surface area contributed by atoms with E-state index in [0.717, 1.165) is 13.1 Å². The van der Waals surface area contributed by atoms with Gasteiger partial charge in [0.25, 0.3) is 0 Å². The molecule has 0 bridgehead atoms. The van der Waals surface area contributed by atoms with E-state index in [2.05, 4.69) is 31.1 Å². The lowest BCUT2D eigenvalue weighted by Crippen LogP contribution is -2.56. The molecule has 0 aliphatic carbocycles. The summed E-state index contributed by atoms with van der Waals surface area (Å²) < 4.78 is 0. The molecule has 0 radical (unpaired) electrons. The molecule has 0 spiro atoms. The zero-order chi connectivity index (χ0) is 9.40. The van der Waals surface area contributed by atoms with Crippen molar-refractivity contribution in [3.8, 4) is 0 Å². The second-order valence-corrected chi connectivity index (χ2v) is 2.77. The van der Waals surface area contributed by atoms with Crippen LogP contribution in [0.5, 0.6) is 0 Å². The van der Waals surface area contributed by atoms with Crippen molar-refractivity contribution in [1.82, 2.24) is 10.6 Å². The van der Waals surface area contributed by atoms with Gasteiger partial charge in [0.2, 0.25) is 5.91 Å². The van der Waals surface area contributed by atoms with Crippen LogP contribution in [-0.4, -0.2) is 25.0 Å². The molecule has 0 aromatic carbocycles. The Hall–Kier alpha value is -0.830. The van der Waals surface area contributed by atoms with Gasteiger partial charge in [0.05, 0.1) is 6.04 Å². The molecule has 1 rings (SSSR count). The van der Waals surface area contributed by atoms with Crippen LogP contribution in [0.1, 0.15) is 21.7 Å². The van der Waals surface area contributed by atoms with Crippen molar-refractivity contribution >= 4 is 5.91 Å². The number of hydrogen-bond donors (Lipinski definition) is 2. The fraction of sp³-hybridized carbons (Fsp3) is 0.667. The lowest BCUT2D eigenvalue weighted by molar-refractivity contribution is -0.117. The minimum Gasteiger partial charge on any atom is -0.347 e. The van der Waals surface area contributed by atoms with Crippen molar-refractivity contribution < 1.29 is 6.22 Å². The Morgan fingerprint density at radius 3 is 2.50 bits per heavy atom. The summed E-state index contributed by atoms with van der Waals surface area (Å²) in [5, 5.41) is 5.79. The second-order valence-electron chi connectivity index (χ2n) is 2.77. The average molecular weight is 172 g/mol. The highest BCUT2D eigenvalue weighted by atomic mass is 16.1. The highest BCUT2D eigenvalue weighted by Gasteiger charge is 2.16. The minimum atomic E-state index is -0.0819. The summed E-state index contributed by atoms with van der Waals surface area (Å²) in [5.74, 6) is -0.0819. The number of hydrogen-bond acceptors (Lipinski definition) is 2. The van der Waals surface area contributed by atoms with Crippen molar-refractivity contribution in [1.29, 1.82) is 0 Å². The van der Waals surface area contributed by atoms with Crippen molar-refractivity contribution in [3.63, 3.8) is 0 Å². The monoisotopic (exact) mass is 172 g/mol. The molecule has 1 fully saturated rings. The first-order valence-electron chi connectivity index (χ1n) is 4.38. The molecular weight excluding hydrogens is 152 g/mol. The van der Waals surface area contributed by atoms with Crippen molar-refractivity contribution in [2.24, 2.45) is 0 Å². The van der Waals surface area contributed by atoms with Crippen LogP contribution in [-0.2, 0) is 4.79 Å². The second kappa shape index (κ2) is 6.85. The first-order valence-corrected chi connectivity index (χ1v) is 4.38. The summed E-state index contributed by atoms with van der Waals surface area (Å²) in [6, 6.07) is 0.329. The van der Waals surface area contributed by atoms with Gasteiger partial charge in [0.15, 0.2) is 0 Å². The third-order valence-electron chi connectivity index (χ3n) is 1.31. The molecule has 72 valence electrons. The van der Waals surface area contributed by atoms with Crippen molar-refractivity contribution in [2.75, 3.05) is 13.1 Å². The Labute approximate surface area is 75.7 Å². The van der Waals surface area contributed by atoms with E-state index in [1.807, 2.05) is 0 Å². The highest BCUT2D eigenvalue weighted by molar-refractivity contribution is 5.87. The Kier molecular flexibility index (Phi) is 6.38. The SMILES string of the molecule is C=CC(=O)NC1CNC1.CCC.[HH]. The maximum absolute atomic E-state index is 10.6. The van der Waals surface area contributed by atoms with Crippen LogP contribution in [0.2, 0.25) is 0 Å². The molecule has 1 heterocycles. The third kappa shape index (κ3) is 4.91. The van der Waals surface area contributed by atoms with Gasteiger partial charge < -0.3 is 10.6 Å². The number of nitrogens with one attached hydrogen (secondary N) is 2. The molecule has 12 heavy (non-hydrogen) atoms. The van der Waals surface area contributed by atoms with Crippen LogP contribution in [0.15, 0.2) is 12.7 Å². The maximum Gasteiger partial charge on any atom is 0.243 e. The molecule has 0 saturated carbocycles. The normalized spacial score (nSPS) is 15.2. The standard InChI is InChI=1S/C6H10N2O.C3H8.H2/c1-2-6(9)8-5-3-7-4-5;1-3-2;/h2,5,7H,1,3-4H2,(H,8,9);3H2,1-2H3;1H. The zero-order valence-electron chi connectivity index (χ0n) is 7.89. The number of carbonyl (C=O) groups excluding carboxylic acids is 1. The number of amides is 1. The van der Waals surface area contributed by atoms with Gasteiger partial charge in [-0.2, -0.15) is 0 Å². The number of rotatable bonds is 2. The third-order valence-corrected chi connectivity index (χ3v) is 1.31. The largest absolute Gasteiger partial charge is 0.347 e. The molecule has 0 unspecified atom stereocenters. The quantitative estimate of drug-likeness (QED) is 0.608. The van der Waals surface area contributed by atoms with Crippen LogP contribution in [0, 0.1) is 0 Å². The number of carbonyl (C=O) groups is 1. The summed E-state index contributed by atoms with van der Waals surface area (Å²) in [6.45, 7) is 9.37.